The highest BCUT2D eigenvalue weighted by Gasteiger charge is 2.33. The van der Waals surface area contributed by atoms with E-state index in [0.29, 0.717) is 55.0 Å². The van der Waals surface area contributed by atoms with E-state index < -0.39 is 0 Å². The summed E-state index contributed by atoms with van der Waals surface area (Å²) in [6, 6.07) is 7.43. The molecule has 10 heteroatoms. The van der Waals surface area contributed by atoms with E-state index >= 15 is 0 Å². The van der Waals surface area contributed by atoms with Gasteiger partial charge in [0.2, 0.25) is 10.8 Å². The molecule has 0 bridgehead atoms. The number of carbonyl (C=O) groups excluding carboxylic acids is 1. The standard InChI is InChI=1S/C20H24ClN5O3S/c1-3-15-22-19-26(23-15)18(27)17(30-19)16(13-6-5-7-14(21)12-13)24-8-10-25(11-9-24)20(28)29-4-2/h5-7,12,16,27H,3-4,8-11H2,1-2H3/t16-/m0/s1. The van der Waals surface area contributed by atoms with Crippen molar-refractivity contribution in [3.05, 3.63) is 45.6 Å². The molecule has 4 rings (SSSR count). The molecule has 1 aliphatic rings. The lowest BCUT2D eigenvalue weighted by Gasteiger charge is -2.38. The Morgan fingerprint density at radius 3 is 2.70 bits per heavy atom. The average molecular weight is 450 g/mol. The number of carbonyl (C=O) groups is 1. The molecular weight excluding hydrogens is 426 g/mol. The van der Waals surface area contributed by atoms with E-state index in [1.165, 1.54) is 15.9 Å². The number of piperazine rings is 1. The summed E-state index contributed by atoms with van der Waals surface area (Å²) in [4.78, 5) is 22.0. The van der Waals surface area contributed by atoms with Gasteiger partial charge in [-0.15, -0.1) is 5.10 Å². The minimum atomic E-state index is -0.287. The monoisotopic (exact) mass is 449 g/mol. The SMILES string of the molecule is CCOC(=O)N1CCN([C@@H](c2cccc(Cl)c2)c2sc3nc(CC)nn3c2O)CC1. The fourth-order valence-corrected chi connectivity index (χ4v) is 5.04. The molecule has 1 aliphatic heterocycles. The van der Waals surface area contributed by atoms with Gasteiger partial charge in [-0.2, -0.15) is 4.52 Å². The molecule has 8 nitrogen and oxygen atoms in total. The summed E-state index contributed by atoms with van der Waals surface area (Å²) < 4.78 is 6.63. The van der Waals surface area contributed by atoms with Crippen LogP contribution in [0.25, 0.3) is 4.96 Å². The van der Waals surface area contributed by atoms with E-state index in [0.717, 1.165) is 10.4 Å². The fraction of sp³-hybridized carbons (Fsp3) is 0.450. The second-order valence-electron chi connectivity index (χ2n) is 7.05. The van der Waals surface area contributed by atoms with Gasteiger partial charge < -0.3 is 14.7 Å². The molecule has 3 heterocycles. The molecule has 0 spiro atoms. The van der Waals surface area contributed by atoms with Gasteiger partial charge in [0.05, 0.1) is 17.5 Å². The van der Waals surface area contributed by atoms with E-state index in [1.54, 1.807) is 11.8 Å². The molecule has 0 unspecified atom stereocenters. The topological polar surface area (TPSA) is 83.2 Å². The normalized spacial score (nSPS) is 16.2. The lowest BCUT2D eigenvalue weighted by atomic mass is 10.0. The van der Waals surface area contributed by atoms with Crippen molar-refractivity contribution in [1.82, 2.24) is 24.4 Å². The number of fused-ring (bicyclic) bond motifs is 1. The molecule has 1 aromatic carbocycles. The predicted octanol–water partition coefficient (Wildman–Crippen LogP) is 3.58. The maximum atomic E-state index is 12.1. The van der Waals surface area contributed by atoms with Gasteiger partial charge in [-0.3, -0.25) is 4.90 Å². The van der Waals surface area contributed by atoms with Crippen molar-refractivity contribution in [3.63, 3.8) is 0 Å². The van der Waals surface area contributed by atoms with Crippen LogP contribution in [0.5, 0.6) is 5.88 Å². The Morgan fingerprint density at radius 1 is 1.30 bits per heavy atom. The highest BCUT2D eigenvalue weighted by molar-refractivity contribution is 7.17. The van der Waals surface area contributed by atoms with Crippen LogP contribution in [0.2, 0.25) is 5.02 Å². The van der Waals surface area contributed by atoms with Crippen molar-refractivity contribution in [3.8, 4) is 5.88 Å². The first-order valence-electron chi connectivity index (χ1n) is 10.00. The van der Waals surface area contributed by atoms with Crippen molar-refractivity contribution >= 4 is 34.0 Å². The molecular formula is C20H24ClN5O3S. The number of hydrogen-bond donors (Lipinski definition) is 1. The first-order valence-corrected chi connectivity index (χ1v) is 11.2. The van der Waals surface area contributed by atoms with Gasteiger partial charge >= 0.3 is 6.09 Å². The number of hydrogen-bond acceptors (Lipinski definition) is 7. The molecule has 0 aliphatic carbocycles. The second kappa shape index (κ2) is 8.79. The maximum Gasteiger partial charge on any atom is 0.409 e. The van der Waals surface area contributed by atoms with E-state index in [2.05, 4.69) is 15.0 Å². The zero-order chi connectivity index (χ0) is 21.3. The van der Waals surface area contributed by atoms with Crippen molar-refractivity contribution < 1.29 is 14.6 Å². The van der Waals surface area contributed by atoms with E-state index in [4.69, 9.17) is 16.3 Å². The Bertz CT molecular complexity index is 1040. The number of aromatic hydroxyl groups is 1. The van der Waals surface area contributed by atoms with Crippen LogP contribution in [0.4, 0.5) is 4.79 Å². The average Bonchev–Trinajstić information content (AvgIpc) is 3.28. The number of thiazole rings is 1. The number of nitrogens with zero attached hydrogens (tertiary/aromatic N) is 5. The number of aromatic nitrogens is 3. The number of aryl methyl sites for hydroxylation is 1. The van der Waals surface area contributed by atoms with Crippen LogP contribution < -0.4 is 0 Å². The highest BCUT2D eigenvalue weighted by Crippen LogP contribution is 2.40. The Hall–Kier alpha value is -2.36. The molecule has 1 atom stereocenters. The van der Waals surface area contributed by atoms with Gasteiger partial charge in [-0.1, -0.05) is 42.0 Å². The summed E-state index contributed by atoms with van der Waals surface area (Å²) in [7, 11) is 0. The molecule has 1 amide bonds. The third-order valence-electron chi connectivity index (χ3n) is 5.18. The number of halogens is 1. The molecule has 3 aromatic rings. The van der Waals surface area contributed by atoms with Gasteiger partial charge in [-0.25, -0.2) is 9.78 Å². The minimum absolute atomic E-state index is 0.0972. The quantitative estimate of drug-likeness (QED) is 0.641. The van der Waals surface area contributed by atoms with Crippen molar-refractivity contribution in [1.29, 1.82) is 0 Å². The molecule has 2 aromatic heterocycles. The number of amides is 1. The largest absolute Gasteiger partial charge is 0.492 e. The molecule has 1 fully saturated rings. The van der Waals surface area contributed by atoms with Crippen LogP contribution in [0.15, 0.2) is 24.3 Å². The molecule has 0 radical (unpaired) electrons. The van der Waals surface area contributed by atoms with E-state index in [9.17, 15) is 9.90 Å². The number of benzene rings is 1. The molecule has 30 heavy (non-hydrogen) atoms. The van der Waals surface area contributed by atoms with Crippen LogP contribution in [-0.2, 0) is 11.2 Å². The lowest BCUT2D eigenvalue weighted by Crippen LogP contribution is -2.49. The van der Waals surface area contributed by atoms with Crippen molar-refractivity contribution in [2.24, 2.45) is 0 Å². The van der Waals surface area contributed by atoms with Crippen LogP contribution in [0, 0.1) is 0 Å². The Balaban J connectivity index is 1.67. The van der Waals surface area contributed by atoms with Gasteiger partial charge in [0.15, 0.2) is 5.82 Å². The van der Waals surface area contributed by atoms with E-state index in [-0.39, 0.29) is 18.0 Å². The minimum Gasteiger partial charge on any atom is -0.492 e. The summed E-state index contributed by atoms with van der Waals surface area (Å²) in [6.45, 7) is 6.54. The molecule has 0 saturated carbocycles. The number of rotatable bonds is 5. The Labute approximate surface area is 183 Å². The number of ether oxygens (including phenoxy) is 1. The lowest BCUT2D eigenvalue weighted by molar-refractivity contribution is 0.0715. The van der Waals surface area contributed by atoms with Crippen LogP contribution in [-0.4, -0.2) is 68.4 Å². The predicted molar refractivity (Wildman–Crippen MR) is 115 cm³/mol. The molecule has 1 saturated heterocycles. The highest BCUT2D eigenvalue weighted by atomic mass is 35.5. The second-order valence-corrected chi connectivity index (χ2v) is 8.49. The third-order valence-corrected chi connectivity index (χ3v) is 6.49. The summed E-state index contributed by atoms with van der Waals surface area (Å²) in [5.74, 6) is 0.797. The van der Waals surface area contributed by atoms with Crippen LogP contribution >= 0.6 is 22.9 Å². The maximum absolute atomic E-state index is 12.1. The van der Waals surface area contributed by atoms with Crippen molar-refractivity contribution in [2.45, 2.75) is 26.3 Å². The van der Waals surface area contributed by atoms with E-state index in [1.807, 2.05) is 31.2 Å². The van der Waals surface area contributed by atoms with Gasteiger partial charge in [0.25, 0.3) is 0 Å². The van der Waals surface area contributed by atoms with Gasteiger partial charge in [0, 0.05) is 37.6 Å². The first kappa shape index (κ1) is 20.9. The molecule has 160 valence electrons. The molecule has 1 N–H and O–H groups in total. The zero-order valence-electron chi connectivity index (χ0n) is 16.9. The van der Waals surface area contributed by atoms with Crippen LogP contribution in [0.3, 0.4) is 0 Å². The zero-order valence-corrected chi connectivity index (χ0v) is 18.5. The fourth-order valence-electron chi connectivity index (χ4n) is 3.70. The third kappa shape index (κ3) is 3.97. The Kier molecular flexibility index (Phi) is 6.12. The Morgan fingerprint density at radius 2 is 2.07 bits per heavy atom. The summed E-state index contributed by atoms with van der Waals surface area (Å²) in [6.07, 6.45) is 0.418. The first-order chi connectivity index (χ1) is 14.5. The summed E-state index contributed by atoms with van der Waals surface area (Å²) in [5, 5.41) is 16.0. The summed E-state index contributed by atoms with van der Waals surface area (Å²) >= 11 is 7.70. The smallest absolute Gasteiger partial charge is 0.409 e. The summed E-state index contributed by atoms with van der Waals surface area (Å²) in [5.41, 5.74) is 0.975. The van der Waals surface area contributed by atoms with Gasteiger partial charge in [0.1, 0.15) is 0 Å². The van der Waals surface area contributed by atoms with Crippen molar-refractivity contribution in [2.75, 3.05) is 32.8 Å². The van der Waals surface area contributed by atoms with Crippen LogP contribution in [0.1, 0.15) is 36.2 Å². The van der Waals surface area contributed by atoms with Gasteiger partial charge in [-0.05, 0) is 24.6 Å².